The molecule has 0 saturated carbocycles. The molecular formula is C17H17ClN2O2. The van der Waals surface area contributed by atoms with Crippen LogP contribution in [0.15, 0.2) is 42.6 Å². The highest BCUT2D eigenvalue weighted by atomic mass is 35.5. The number of hydrogen-bond donors (Lipinski definition) is 1. The number of pyridine rings is 1. The molecule has 5 heteroatoms. The van der Waals surface area contributed by atoms with E-state index in [1.54, 1.807) is 12.3 Å². The summed E-state index contributed by atoms with van der Waals surface area (Å²) in [5.41, 5.74) is 2.47. The Balaban J connectivity index is 1.72. The Morgan fingerprint density at radius 3 is 2.73 bits per heavy atom. The van der Waals surface area contributed by atoms with Crippen molar-refractivity contribution in [2.24, 2.45) is 0 Å². The second-order valence-electron chi connectivity index (χ2n) is 5.40. The lowest BCUT2D eigenvalue weighted by atomic mass is 10.0. The topological polar surface area (TPSA) is 51.2 Å². The first-order valence-corrected chi connectivity index (χ1v) is 7.62. The molecule has 1 saturated heterocycles. The molecule has 1 aromatic heterocycles. The minimum absolute atomic E-state index is 0.0463. The Morgan fingerprint density at radius 2 is 2.05 bits per heavy atom. The van der Waals surface area contributed by atoms with Gasteiger partial charge in [0.25, 0.3) is 5.91 Å². The maximum atomic E-state index is 12.3. The van der Waals surface area contributed by atoms with E-state index in [4.69, 9.17) is 16.3 Å². The summed E-state index contributed by atoms with van der Waals surface area (Å²) in [7, 11) is 0. The first-order valence-electron chi connectivity index (χ1n) is 7.24. The average molecular weight is 317 g/mol. The minimum atomic E-state index is -0.139. The lowest BCUT2D eigenvalue weighted by Gasteiger charge is -2.20. The zero-order valence-corrected chi connectivity index (χ0v) is 13.0. The van der Waals surface area contributed by atoms with Crippen LogP contribution in [-0.2, 0) is 4.74 Å². The summed E-state index contributed by atoms with van der Waals surface area (Å²) in [5.74, 6) is -0.123. The molecule has 1 aliphatic rings. The number of aromatic nitrogens is 1. The first-order chi connectivity index (χ1) is 10.6. The number of hydrogen-bond acceptors (Lipinski definition) is 3. The molecule has 0 bridgehead atoms. The van der Waals surface area contributed by atoms with E-state index in [1.165, 1.54) is 0 Å². The lowest BCUT2D eigenvalue weighted by Crippen LogP contribution is -2.36. The summed E-state index contributed by atoms with van der Waals surface area (Å²) in [5, 5.41) is 3.73. The Kier molecular flexibility index (Phi) is 4.41. The Hall–Kier alpha value is -1.91. The van der Waals surface area contributed by atoms with Crippen molar-refractivity contribution >= 4 is 17.5 Å². The van der Waals surface area contributed by atoms with Crippen LogP contribution in [0.1, 0.15) is 34.1 Å². The van der Waals surface area contributed by atoms with E-state index < -0.39 is 0 Å². The van der Waals surface area contributed by atoms with Gasteiger partial charge in [0, 0.05) is 23.5 Å². The molecule has 3 rings (SSSR count). The summed E-state index contributed by atoms with van der Waals surface area (Å²) in [6.07, 6.45) is 2.25. The van der Waals surface area contributed by atoms with Crippen molar-refractivity contribution in [3.63, 3.8) is 0 Å². The fraction of sp³-hybridized carbons (Fsp3) is 0.294. The molecule has 2 aromatic rings. The third-order valence-electron chi connectivity index (χ3n) is 3.78. The summed E-state index contributed by atoms with van der Waals surface area (Å²) in [6.45, 7) is 2.52. The fourth-order valence-electron chi connectivity index (χ4n) is 2.57. The molecule has 0 spiro atoms. The smallest absolute Gasteiger partial charge is 0.253 e. The van der Waals surface area contributed by atoms with Gasteiger partial charge in [-0.25, -0.2) is 0 Å². The van der Waals surface area contributed by atoms with E-state index in [9.17, 15) is 4.79 Å². The van der Waals surface area contributed by atoms with Crippen LogP contribution >= 0.6 is 11.6 Å². The van der Waals surface area contributed by atoms with Crippen LogP contribution in [0.3, 0.4) is 0 Å². The largest absolute Gasteiger partial charge is 0.371 e. The van der Waals surface area contributed by atoms with Crippen molar-refractivity contribution in [1.29, 1.82) is 0 Å². The van der Waals surface area contributed by atoms with Crippen molar-refractivity contribution in [2.45, 2.75) is 25.5 Å². The van der Waals surface area contributed by atoms with E-state index in [1.807, 2.05) is 37.3 Å². The zero-order chi connectivity index (χ0) is 15.5. The molecule has 0 unspecified atom stereocenters. The predicted molar refractivity (Wildman–Crippen MR) is 85.0 cm³/mol. The van der Waals surface area contributed by atoms with E-state index in [0.717, 1.165) is 17.7 Å². The monoisotopic (exact) mass is 316 g/mol. The lowest BCUT2D eigenvalue weighted by molar-refractivity contribution is 0.0821. The molecule has 1 N–H and O–H groups in total. The van der Waals surface area contributed by atoms with E-state index in [0.29, 0.717) is 17.2 Å². The van der Waals surface area contributed by atoms with Gasteiger partial charge >= 0.3 is 0 Å². The molecule has 4 nitrogen and oxygen atoms in total. The van der Waals surface area contributed by atoms with Gasteiger partial charge in [-0.3, -0.25) is 9.78 Å². The van der Waals surface area contributed by atoms with Crippen LogP contribution in [0, 0.1) is 6.92 Å². The molecule has 1 amide bonds. The van der Waals surface area contributed by atoms with Crippen molar-refractivity contribution < 1.29 is 9.53 Å². The van der Waals surface area contributed by atoms with Crippen molar-refractivity contribution in [3.8, 4) is 0 Å². The van der Waals surface area contributed by atoms with Gasteiger partial charge in [0.15, 0.2) is 0 Å². The number of halogens is 1. The molecular weight excluding hydrogens is 300 g/mol. The minimum Gasteiger partial charge on any atom is -0.371 e. The Morgan fingerprint density at radius 1 is 1.27 bits per heavy atom. The Labute approximate surface area is 134 Å². The number of rotatable bonds is 3. The molecule has 1 aromatic carbocycles. The van der Waals surface area contributed by atoms with Gasteiger partial charge in [-0.15, -0.1) is 0 Å². The maximum absolute atomic E-state index is 12.3. The standard InChI is InChI=1S/C17H17ClN2O2/c1-11-2-3-13(10-19-11)17(21)20-15-8-9-22-16(15)12-4-6-14(18)7-5-12/h2-7,10,15-16H,8-9H2,1H3,(H,20,21)/t15-,16+/m0/s1. The van der Waals surface area contributed by atoms with Gasteiger partial charge in [0.1, 0.15) is 6.10 Å². The Bertz CT molecular complexity index is 655. The second kappa shape index (κ2) is 6.46. The number of ether oxygens (including phenoxy) is 1. The SMILES string of the molecule is Cc1ccc(C(=O)N[C@H]2CCO[C@@H]2c2ccc(Cl)cc2)cn1. The first kappa shape index (κ1) is 15.0. The van der Waals surface area contributed by atoms with E-state index in [-0.39, 0.29) is 18.1 Å². The van der Waals surface area contributed by atoms with Gasteiger partial charge < -0.3 is 10.1 Å². The number of carbonyl (C=O) groups is 1. The summed E-state index contributed by atoms with van der Waals surface area (Å²) >= 11 is 5.91. The number of amides is 1. The number of nitrogens with one attached hydrogen (secondary N) is 1. The number of nitrogens with zero attached hydrogens (tertiary/aromatic N) is 1. The van der Waals surface area contributed by atoms with Gasteiger partial charge in [0.05, 0.1) is 11.6 Å². The summed E-state index contributed by atoms with van der Waals surface area (Å²) in [4.78, 5) is 16.5. The van der Waals surface area contributed by atoms with Crippen LogP contribution in [0.2, 0.25) is 5.02 Å². The second-order valence-corrected chi connectivity index (χ2v) is 5.84. The highest BCUT2D eigenvalue weighted by Gasteiger charge is 2.31. The van der Waals surface area contributed by atoms with E-state index >= 15 is 0 Å². The van der Waals surface area contributed by atoms with Crippen LogP contribution in [0.4, 0.5) is 0 Å². The molecule has 1 fully saturated rings. The van der Waals surface area contributed by atoms with Crippen LogP contribution < -0.4 is 5.32 Å². The molecule has 2 atom stereocenters. The molecule has 0 radical (unpaired) electrons. The van der Waals surface area contributed by atoms with Gasteiger partial charge in [-0.2, -0.15) is 0 Å². The van der Waals surface area contributed by atoms with Crippen molar-refractivity contribution in [1.82, 2.24) is 10.3 Å². The van der Waals surface area contributed by atoms with Gasteiger partial charge in [-0.05, 0) is 43.2 Å². The number of aryl methyl sites for hydroxylation is 1. The summed E-state index contributed by atoms with van der Waals surface area (Å²) in [6, 6.07) is 11.1. The quantitative estimate of drug-likeness (QED) is 0.945. The fourth-order valence-corrected chi connectivity index (χ4v) is 2.70. The third kappa shape index (κ3) is 3.29. The molecule has 1 aliphatic heterocycles. The van der Waals surface area contributed by atoms with Gasteiger partial charge in [0.2, 0.25) is 0 Å². The normalized spacial score (nSPS) is 20.8. The zero-order valence-electron chi connectivity index (χ0n) is 12.3. The van der Waals surface area contributed by atoms with Gasteiger partial charge in [-0.1, -0.05) is 23.7 Å². The average Bonchev–Trinajstić information content (AvgIpc) is 2.97. The van der Waals surface area contributed by atoms with E-state index in [2.05, 4.69) is 10.3 Å². The molecule has 2 heterocycles. The van der Waals surface area contributed by atoms with Crippen LogP contribution in [0.25, 0.3) is 0 Å². The number of carbonyl (C=O) groups excluding carboxylic acids is 1. The maximum Gasteiger partial charge on any atom is 0.253 e. The summed E-state index contributed by atoms with van der Waals surface area (Å²) < 4.78 is 5.77. The molecule has 114 valence electrons. The highest BCUT2D eigenvalue weighted by Crippen LogP contribution is 2.30. The predicted octanol–water partition coefficient (Wildman–Crippen LogP) is 3.30. The van der Waals surface area contributed by atoms with Crippen molar-refractivity contribution in [2.75, 3.05) is 6.61 Å². The molecule has 22 heavy (non-hydrogen) atoms. The van der Waals surface area contributed by atoms with Crippen LogP contribution in [-0.4, -0.2) is 23.5 Å². The molecule has 0 aliphatic carbocycles. The number of benzene rings is 1. The van der Waals surface area contributed by atoms with Crippen LogP contribution in [0.5, 0.6) is 0 Å². The highest BCUT2D eigenvalue weighted by molar-refractivity contribution is 6.30. The third-order valence-corrected chi connectivity index (χ3v) is 4.03. The van der Waals surface area contributed by atoms with Crippen molar-refractivity contribution in [3.05, 3.63) is 64.4 Å².